The van der Waals surface area contributed by atoms with Gasteiger partial charge in [-0.15, -0.1) is 0 Å². The van der Waals surface area contributed by atoms with Crippen molar-refractivity contribution < 1.29 is 44.7 Å². The van der Waals surface area contributed by atoms with Crippen LogP contribution in [0.2, 0.25) is 0 Å². The molecular formula is C7H5O9-3. The van der Waals surface area contributed by atoms with Crippen LogP contribution in [0.25, 0.3) is 0 Å². The number of Topliss-reactive ketones (excluding diaryl/α,β-unsaturated/α-hetero) is 1. The Labute approximate surface area is 87.5 Å². The van der Waals surface area contributed by atoms with Crippen LogP contribution >= 0.6 is 0 Å². The first-order chi connectivity index (χ1) is 7.20. The zero-order chi connectivity index (χ0) is 13.0. The van der Waals surface area contributed by atoms with E-state index in [1.807, 2.05) is 0 Å². The largest absolute Gasteiger partial charge is 0.547 e. The summed E-state index contributed by atoms with van der Waals surface area (Å²) in [6.07, 6.45) is -5.61. The van der Waals surface area contributed by atoms with Gasteiger partial charge in [0.2, 0.25) is 0 Å². The number of aliphatic hydroxyl groups excluding tert-OH is 2. The molecule has 0 aliphatic heterocycles. The predicted octanol–water partition coefficient (Wildman–Crippen LogP) is -6.86. The van der Waals surface area contributed by atoms with Crippen LogP contribution in [0.3, 0.4) is 0 Å². The summed E-state index contributed by atoms with van der Waals surface area (Å²) in [6.45, 7) is 0. The minimum atomic E-state index is -2.81. The molecule has 0 aliphatic rings. The maximum absolute atomic E-state index is 10.8. The summed E-state index contributed by atoms with van der Waals surface area (Å²) in [4.78, 5) is 41.1. The van der Waals surface area contributed by atoms with Crippen molar-refractivity contribution in [2.75, 3.05) is 0 Å². The second kappa shape index (κ2) is 5.19. The van der Waals surface area contributed by atoms with Crippen molar-refractivity contribution in [3.05, 3.63) is 0 Å². The van der Waals surface area contributed by atoms with Crippen molar-refractivity contribution in [3.8, 4) is 0 Å². The highest BCUT2D eigenvalue weighted by Gasteiger charge is 2.35. The molecule has 2 atom stereocenters. The zero-order valence-electron chi connectivity index (χ0n) is 7.48. The van der Waals surface area contributed by atoms with Gasteiger partial charge in [-0.05, 0) is 0 Å². The topological polar surface area (TPSA) is 178 Å². The van der Waals surface area contributed by atoms with Crippen molar-refractivity contribution in [2.45, 2.75) is 12.2 Å². The monoisotopic (exact) mass is 233 g/mol. The van der Waals surface area contributed by atoms with Gasteiger partial charge in [0.25, 0.3) is 0 Å². The van der Waals surface area contributed by atoms with E-state index in [4.69, 9.17) is 10.2 Å². The maximum atomic E-state index is 10.8. The molecular weight excluding hydrogens is 228 g/mol. The molecule has 0 heterocycles. The second-order valence-corrected chi connectivity index (χ2v) is 2.71. The van der Waals surface area contributed by atoms with Gasteiger partial charge in [-0.3, -0.25) is 4.79 Å². The number of carboxylic acid groups (broad SMARTS) is 3. The molecule has 0 aliphatic carbocycles. The van der Waals surface area contributed by atoms with Crippen LogP contribution in [0, 0.1) is 5.92 Å². The number of aliphatic hydroxyl groups is 2. The Hall–Kier alpha value is -2.00. The molecule has 0 aromatic rings. The third-order valence-electron chi connectivity index (χ3n) is 1.67. The molecule has 0 aromatic carbocycles. The van der Waals surface area contributed by atoms with Gasteiger partial charge in [0.15, 0.2) is 5.78 Å². The van der Waals surface area contributed by atoms with Crippen LogP contribution in [0.15, 0.2) is 0 Å². The summed E-state index contributed by atoms with van der Waals surface area (Å²) in [5.74, 6) is -11.8. The summed E-state index contributed by atoms with van der Waals surface area (Å²) >= 11 is 0. The van der Waals surface area contributed by atoms with Crippen molar-refractivity contribution in [1.82, 2.24) is 0 Å². The predicted molar refractivity (Wildman–Crippen MR) is 35.5 cm³/mol. The fourth-order valence-electron chi connectivity index (χ4n) is 0.889. The first kappa shape index (κ1) is 14.0. The molecule has 0 spiro atoms. The number of hydrogen-bond donors (Lipinski definition) is 2. The van der Waals surface area contributed by atoms with Crippen LogP contribution < -0.4 is 15.3 Å². The quantitative estimate of drug-likeness (QED) is 0.421. The molecule has 0 radical (unpaired) electrons. The Kier molecular flexibility index (Phi) is 4.54. The molecule has 0 bridgehead atoms. The van der Waals surface area contributed by atoms with E-state index in [1.165, 1.54) is 0 Å². The number of ketones is 1. The van der Waals surface area contributed by atoms with E-state index in [9.17, 15) is 34.5 Å². The van der Waals surface area contributed by atoms with Gasteiger partial charge >= 0.3 is 0 Å². The van der Waals surface area contributed by atoms with Gasteiger partial charge in [0.05, 0.1) is 17.9 Å². The van der Waals surface area contributed by atoms with E-state index >= 15 is 0 Å². The smallest absolute Gasteiger partial charge is 0.187 e. The fraction of sp³-hybridized carbons (Fsp3) is 0.429. The lowest BCUT2D eigenvalue weighted by Crippen LogP contribution is -2.56. The third-order valence-corrected chi connectivity index (χ3v) is 1.67. The van der Waals surface area contributed by atoms with Gasteiger partial charge in [0.1, 0.15) is 18.2 Å². The summed E-state index contributed by atoms with van der Waals surface area (Å²) in [7, 11) is 0. The molecule has 0 aromatic heterocycles. The molecule has 0 saturated carbocycles. The third kappa shape index (κ3) is 3.00. The summed E-state index contributed by atoms with van der Waals surface area (Å²) < 4.78 is 0. The Morgan fingerprint density at radius 3 is 1.31 bits per heavy atom. The molecule has 9 nitrogen and oxygen atoms in total. The number of carbonyl (C=O) groups excluding carboxylic acids is 4. The van der Waals surface area contributed by atoms with Crippen LogP contribution in [0.1, 0.15) is 0 Å². The van der Waals surface area contributed by atoms with Crippen molar-refractivity contribution in [3.63, 3.8) is 0 Å². The average Bonchev–Trinajstić information content (AvgIpc) is 2.16. The van der Waals surface area contributed by atoms with Gasteiger partial charge in [-0.25, -0.2) is 0 Å². The highest BCUT2D eigenvalue weighted by Crippen LogP contribution is 2.11. The summed E-state index contributed by atoms with van der Waals surface area (Å²) in [5.41, 5.74) is 0. The number of rotatable bonds is 6. The lowest BCUT2D eigenvalue weighted by Gasteiger charge is -2.27. The summed E-state index contributed by atoms with van der Waals surface area (Å²) in [6, 6.07) is 0. The van der Waals surface area contributed by atoms with Crippen molar-refractivity contribution in [1.29, 1.82) is 0 Å². The Balaban J connectivity index is 5.20. The van der Waals surface area contributed by atoms with Crippen LogP contribution in [0.5, 0.6) is 0 Å². The van der Waals surface area contributed by atoms with Gasteiger partial charge in [-0.2, -0.15) is 0 Å². The molecule has 90 valence electrons. The molecule has 0 fully saturated rings. The number of carboxylic acids is 3. The highest BCUT2D eigenvalue weighted by atomic mass is 16.4. The minimum Gasteiger partial charge on any atom is -0.547 e. The maximum Gasteiger partial charge on any atom is 0.187 e. The first-order valence-corrected chi connectivity index (χ1v) is 3.73. The highest BCUT2D eigenvalue weighted by molar-refractivity contribution is 6.33. The molecule has 2 unspecified atom stereocenters. The molecule has 0 saturated heterocycles. The molecule has 2 N–H and O–H groups in total. The lowest BCUT2D eigenvalue weighted by atomic mass is 9.91. The number of carbonyl (C=O) groups is 4. The second-order valence-electron chi connectivity index (χ2n) is 2.71. The Bertz CT molecular complexity index is 313. The normalized spacial score (nSPS) is 15.9. The minimum absolute atomic E-state index is 2.09. The zero-order valence-corrected chi connectivity index (χ0v) is 7.48. The Morgan fingerprint density at radius 1 is 0.812 bits per heavy atom. The van der Waals surface area contributed by atoms with E-state index in [-0.39, 0.29) is 0 Å². The number of hydrogen-bond acceptors (Lipinski definition) is 9. The molecule has 0 amide bonds. The van der Waals surface area contributed by atoms with Crippen LogP contribution in [-0.2, 0) is 19.2 Å². The van der Waals surface area contributed by atoms with Crippen LogP contribution in [0.4, 0.5) is 0 Å². The van der Waals surface area contributed by atoms with Crippen LogP contribution in [-0.4, -0.2) is 46.1 Å². The van der Waals surface area contributed by atoms with Gasteiger partial charge < -0.3 is 39.9 Å². The SMILES string of the molecule is O=C([O-])C(=O)C(C(O)C(=O)[O-])C(O)C(=O)[O-]. The molecule has 0 rings (SSSR count). The molecule has 9 heteroatoms. The van der Waals surface area contributed by atoms with E-state index in [2.05, 4.69) is 0 Å². The fourth-order valence-corrected chi connectivity index (χ4v) is 0.889. The van der Waals surface area contributed by atoms with E-state index in [0.717, 1.165) is 0 Å². The van der Waals surface area contributed by atoms with E-state index in [1.54, 1.807) is 0 Å². The lowest BCUT2D eigenvalue weighted by molar-refractivity contribution is -0.325. The van der Waals surface area contributed by atoms with Crippen molar-refractivity contribution >= 4 is 23.7 Å². The van der Waals surface area contributed by atoms with E-state index in [0.29, 0.717) is 0 Å². The van der Waals surface area contributed by atoms with Gasteiger partial charge in [0, 0.05) is 0 Å². The van der Waals surface area contributed by atoms with E-state index < -0.39 is 41.8 Å². The number of aliphatic carboxylic acids is 3. The first-order valence-electron chi connectivity index (χ1n) is 3.73. The summed E-state index contributed by atoms with van der Waals surface area (Å²) in [5, 5.41) is 48.0. The molecule has 16 heavy (non-hydrogen) atoms. The van der Waals surface area contributed by atoms with Gasteiger partial charge in [-0.1, -0.05) is 0 Å². The van der Waals surface area contributed by atoms with Crippen molar-refractivity contribution in [2.24, 2.45) is 5.92 Å². The standard InChI is InChI=1S/C7H8O9/c8-2(5(11)12)1(3(9)6(13)14)4(10)7(15)16/h1-3,8-9H,(H,11,12)(H,13,14)(H,15,16)/p-3. The Morgan fingerprint density at radius 2 is 1.12 bits per heavy atom. The average molecular weight is 233 g/mol.